The van der Waals surface area contributed by atoms with Crippen molar-refractivity contribution >= 4 is 27.4 Å². The van der Waals surface area contributed by atoms with Crippen molar-refractivity contribution in [2.24, 2.45) is 0 Å². The van der Waals surface area contributed by atoms with Gasteiger partial charge in [0.1, 0.15) is 5.82 Å². The Bertz CT molecular complexity index is 797. The summed E-state index contributed by atoms with van der Waals surface area (Å²) in [6.45, 7) is 0. The van der Waals surface area contributed by atoms with E-state index in [1.54, 1.807) is 6.07 Å². The molecule has 0 unspecified atom stereocenters. The van der Waals surface area contributed by atoms with Crippen LogP contribution in [0, 0.1) is 0 Å². The van der Waals surface area contributed by atoms with E-state index in [1.165, 1.54) is 5.56 Å². The first-order valence-corrected chi connectivity index (χ1v) is 7.38. The van der Waals surface area contributed by atoms with Crippen LogP contribution < -0.4 is 0 Å². The minimum absolute atomic E-state index is 0.102. The van der Waals surface area contributed by atoms with Crippen LogP contribution in [0.15, 0.2) is 53.1 Å². The smallest absolute Gasteiger partial charge is 0.356 e. The summed E-state index contributed by atoms with van der Waals surface area (Å²) in [6, 6.07) is 13.7. The van der Waals surface area contributed by atoms with Crippen LogP contribution in [0.25, 0.3) is 5.52 Å². The Balaban J connectivity index is 1.98. The van der Waals surface area contributed by atoms with Gasteiger partial charge in [0.25, 0.3) is 0 Å². The number of carboxylic acids is 1. The van der Waals surface area contributed by atoms with Gasteiger partial charge in [0.05, 0.1) is 5.52 Å². The van der Waals surface area contributed by atoms with E-state index in [1.807, 2.05) is 34.9 Å². The van der Waals surface area contributed by atoms with Crippen LogP contribution in [0.4, 0.5) is 0 Å². The SMILES string of the molecule is O=C(O)c1nc(CCc2ccccc2)n2cc(Br)ccc12. The minimum Gasteiger partial charge on any atom is -0.476 e. The molecule has 0 saturated heterocycles. The largest absolute Gasteiger partial charge is 0.476 e. The van der Waals surface area contributed by atoms with Crippen LogP contribution in [-0.4, -0.2) is 20.5 Å². The van der Waals surface area contributed by atoms with Crippen LogP contribution >= 0.6 is 15.9 Å². The Kier molecular flexibility index (Phi) is 3.75. The number of carbonyl (C=O) groups is 1. The summed E-state index contributed by atoms with van der Waals surface area (Å²) in [7, 11) is 0. The Morgan fingerprint density at radius 1 is 1.14 bits per heavy atom. The summed E-state index contributed by atoms with van der Waals surface area (Å²) in [5.74, 6) is -0.242. The van der Waals surface area contributed by atoms with E-state index >= 15 is 0 Å². The molecule has 4 nitrogen and oxygen atoms in total. The van der Waals surface area contributed by atoms with Crippen molar-refractivity contribution in [3.8, 4) is 0 Å². The number of nitrogens with zero attached hydrogens (tertiary/aromatic N) is 2. The van der Waals surface area contributed by atoms with Gasteiger partial charge in [-0.1, -0.05) is 30.3 Å². The van der Waals surface area contributed by atoms with Crippen molar-refractivity contribution in [1.29, 1.82) is 0 Å². The standard InChI is InChI=1S/C16H13BrN2O2/c17-12-7-8-13-15(16(20)21)18-14(19(13)10-12)9-6-11-4-2-1-3-5-11/h1-5,7-8,10H,6,9H2,(H,20,21). The summed E-state index contributed by atoms with van der Waals surface area (Å²) >= 11 is 3.41. The fourth-order valence-electron chi connectivity index (χ4n) is 2.36. The fraction of sp³-hybridized carbons (Fsp3) is 0.125. The predicted molar refractivity (Wildman–Crippen MR) is 83.7 cm³/mol. The molecule has 3 rings (SSSR count). The lowest BCUT2D eigenvalue weighted by Gasteiger charge is -2.02. The van der Waals surface area contributed by atoms with Crippen molar-refractivity contribution in [3.05, 3.63) is 70.2 Å². The molecular formula is C16H13BrN2O2. The first-order chi connectivity index (χ1) is 10.1. The van der Waals surface area contributed by atoms with E-state index in [0.29, 0.717) is 11.9 Å². The average Bonchev–Trinajstić information content (AvgIpc) is 2.84. The number of fused-ring (bicyclic) bond motifs is 1. The van der Waals surface area contributed by atoms with Crippen LogP contribution in [-0.2, 0) is 12.8 Å². The van der Waals surface area contributed by atoms with Gasteiger partial charge in [0.15, 0.2) is 5.69 Å². The van der Waals surface area contributed by atoms with Crippen molar-refractivity contribution < 1.29 is 9.90 Å². The molecule has 0 spiro atoms. The highest BCUT2D eigenvalue weighted by Gasteiger charge is 2.16. The maximum Gasteiger partial charge on any atom is 0.356 e. The summed E-state index contributed by atoms with van der Waals surface area (Å²) in [6.07, 6.45) is 3.37. The van der Waals surface area contributed by atoms with E-state index in [9.17, 15) is 9.90 Å². The fourth-order valence-corrected chi connectivity index (χ4v) is 2.69. The van der Waals surface area contributed by atoms with E-state index in [4.69, 9.17) is 0 Å². The number of aryl methyl sites for hydroxylation is 2. The van der Waals surface area contributed by atoms with E-state index in [2.05, 4.69) is 33.0 Å². The Morgan fingerprint density at radius 3 is 2.62 bits per heavy atom. The summed E-state index contributed by atoms with van der Waals surface area (Å²) in [5.41, 5.74) is 1.93. The highest BCUT2D eigenvalue weighted by Crippen LogP contribution is 2.19. The molecule has 1 N–H and O–H groups in total. The second-order valence-electron chi connectivity index (χ2n) is 4.77. The topological polar surface area (TPSA) is 54.6 Å². The van der Waals surface area contributed by atoms with Gasteiger partial charge in [-0.3, -0.25) is 0 Å². The average molecular weight is 345 g/mol. The van der Waals surface area contributed by atoms with Crippen molar-refractivity contribution in [1.82, 2.24) is 9.38 Å². The second-order valence-corrected chi connectivity index (χ2v) is 5.69. The van der Waals surface area contributed by atoms with Crippen molar-refractivity contribution in [2.75, 3.05) is 0 Å². The number of pyridine rings is 1. The molecule has 21 heavy (non-hydrogen) atoms. The molecule has 0 radical (unpaired) electrons. The third kappa shape index (κ3) is 2.83. The highest BCUT2D eigenvalue weighted by atomic mass is 79.9. The molecule has 0 fully saturated rings. The number of rotatable bonds is 4. The molecule has 0 aliphatic heterocycles. The lowest BCUT2D eigenvalue weighted by atomic mass is 10.1. The number of aromatic nitrogens is 2. The molecule has 0 amide bonds. The Hall–Kier alpha value is -2.14. The zero-order valence-corrected chi connectivity index (χ0v) is 12.7. The number of halogens is 1. The number of carboxylic acid groups (broad SMARTS) is 1. The van der Waals surface area contributed by atoms with Gasteiger partial charge < -0.3 is 9.51 Å². The Labute approximate surface area is 130 Å². The first-order valence-electron chi connectivity index (χ1n) is 6.59. The maximum absolute atomic E-state index is 11.3. The number of benzene rings is 1. The number of aromatic carboxylic acids is 1. The molecule has 5 heteroatoms. The van der Waals surface area contributed by atoms with Gasteiger partial charge >= 0.3 is 5.97 Å². The zero-order chi connectivity index (χ0) is 14.8. The normalized spacial score (nSPS) is 10.9. The van der Waals surface area contributed by atoms with Gasteiger partial charge in [-0.05, 0) is 40.0 Å². The molecule has 0 bridgehead atoms. The summed E-state index contributed by atoms with van der Waals surface area (Å²) in [4.78, 5) is 15.6. The minimum atomic E-state index is -0.999. The lowest BCUT2D eigenvalue weighted by Crippen LogP contribution is -1.98. The van der Waals surface area contributed by atoms with Gasteiger partial charge in [-0.25, -0.2) is 9.78 Å². The molecule has 0 atom stereocenters. The van der Waals surface area contributed by atoms with Crippen LogP contribution in [0.1, 0.15) is 21.9 Å². The van der Waals surface area contributed by atoms with Gasteiger partial charge in [0.2, 0.25) is 0 Å². The van der Waals surface area contributed by atoms with Crippen LogP contribution in [0.5, 0.6) is 0 Å². The van der Waals surface area contributed by atoms with E-state index in [0.717, 1.165) is 16.7 Å². The lowest BCUT2D eigenvalue weighted by molar-refractivity contribution is 0.0693. The summed E-state index contributed by atoms with van der Waals surface area (Å²) in [5, 5.41) is 9.26. The quantitative estimate of drug-likeness (QED) is 0.786. The third-order valence-electron chi connectivity index (χ3n) is 3.36. The van der Waals surface area contributed by atoms with E-state index in [-0.39, 0.29) is 5.69 Å². The number of hydrogen-bond donors (Lipinski definition) is 1. The van der Waals surface area contributed by atoms with Crippen molar-refractivity contribution in [2.45, 2.75) is 12.8 Å². The predicted octanol–water partition coefficient (Wildman–Crippen LogP) is 3.58. The van der Waals surface area contributed by atoms with Crippen LogP contribution in [0.3, 0.4) is 0 Å². The molecule has 1 aromatic carbocycles. The third-order valence-corrected chi connectivity index (χ3v) is 3.83. The molecule has 2 aromatic heterocycles. The van der Waals surface area contributed by atoms with Gasteiger partial charge in [-0.2, -0.15) is 0 Å². The monoisotopic (exact) mass is 344 g/mol. The van der Waals surface area contributed by atoms with Crippen molar-refractivity contribution in [3.63, 3.8) is 0 Å². The molecule has 0 aliphatic rings. The molecule has 2 heterocycles. The van der Waals surface area contributed by atoms with Gasteiger partial charge in [0, 0.05) is 17.1 Å². The Morgan fingerprint density at radius 2 is 1.90 bits per heavy atom. The first kappa shape index (κ1) is 13.8. The number of hydrogen-bond acceptors (Lipinski definition) is 2. The number of imidazole rings is 1. The summed E-state index contributed by atoms with van der Waals surface area (Å²) < 4.78 is 2.74. The molecule has 0 aliphatic carbocycles. The maximum atomic E-state index is 11.3. The van der Waals surface area contributed by atoms with E-state index < -0.39 is 5.97 Å². The van der Waals surface area contributed by atoms with Crippen LogP contribution in [0.2, 0.25) is 0 Å². The van der Waals surface area contributed by atoms with Gasteiger partial charge in [-0.15, -0.1) is 0 Å². The second kappa shape index (κ2) is 5.69. The molecular weight excluding hydrogens is 332 g/mol. The molecule has 0 saturated carbocycles. The highest BCUT2D eigenvalue weighted by molar-refractivity contribution is 9.10. The zero-order valence-electron chi connectivity index (χ0n) is 11.2. The molecule has 3 aromatic rings. The molecule has 106 valence electrons.